The molecule has 0 saturated carbocycles. The Labute approximate surface area is 195 Å². The quantitative estimate of drug-likeness (QED) is 0.421. The van der Waals surface area contributed by atoms with Crippen LogP contribution in [0.3, 0.4) is 0 Å². The van der Waals surface area contributed by atoms with Crippen molar-refractivity contribution >= 4 is 28.5 Å². The maximum atomic E-state index is 4.30. The molecule has 3 aromatic heterocycles. The van der Waals surface area contributed by atoms with E-state index in [1.807, 2.05) is 61.8 Å². The van der Waals surface area contributed by atoms with E-state index in [9.17, 15) is 0 Å². The molecule has 0 amide bonds. The van der Waals surface area contributed by atoms with Gasteiger partial charge in [-0.05, 0) is 66.7 Å². The minimum absolute atomic E-state index is 0.554. The van der Waals surface area contributed by atoms with Crippen LogP contribution in [-0.4, -0.2) is 45.9 Å². The van der Waals surface area contributed by atoms with Crippen LogP contribution in [0.15, 0.2) is 67.8 Å². The molecule has 1 saturated heterocycles. The van der Waals surface area contributed by atoms with E-state index >= 15 is 0 Å². The zero-order valence-electron chi connectivity index (χ0n) is 19.3. The standard InChI is InChI=1S/C14H14N4.C12H17N3/c1-15-14-6-12-5-10(3-4-11(12)7-16-14)13-8-17-18(2)9-13;1-2-10-3-8-14-12(9-10)15-11-4-6-13-7-5-11/h3-9H,1-2H3,(H,15,16);2-3,8-9,11,13H,1,4-7H2,(H,14,15). The van der Waals surface area contributed by atoms with Gasteiger partial charge in [0.1, 0.15) is 11.6 Å². The number of nitrogens with one attached hydrogen (secondary N) is 3. The van der Waals surface area contributed by atoms with Crippen molar-refractivity contribution in [2.75, 3.05) is 30.8 Å². The normalized spacial score (nSPS) is 13.8. The Bertz CT molecular complexity index is 1210. The van der Waals surface area contributed by atoms with Gasteiger partial charge in [0.05, 0.1) is 6.20 Å². The van der Waals surface area contributed by atoms with Crippen LogP contribution >= 0.6 is 0 Å². The predicted molar refractivity (Wildman–Crippen MR) is 137 cm³/mol. The molecule has 33 heavy (non-hydrogen) atoms. The second kappa shape index (κ2) is 10.7. The lowest BCUT2D eigenvalue weighted by molar-refractivity contribution is 0.478. The predicted octanol–water partition coefficient (Wildman–Crippen LogP) is 4.57. The van der Waals surface area contributed by atoms with E-state index in [0.717, 1.165) is 41.2 Å². The number of rotatable bonds is 5. The summed E-state index contributed by atoms with van der Waals surface area (Å²) in [6.07, 6.45) is 11.8. The molecule has 4 heterocycles. The summed E-state index contributed by atoms with van der Waals surface area (Å²) < 4.78 is 1.81. The van der Waals surface area contributed by atoms with E-state index in [2.05, 4.69) is 61.9 Å². The molecule has 1 aliphatic heterocycles. The molecule has 0 atom stereocenters. The zero-order chi connectivity index (χ0) is 23.0. The first-order valence-corrected chi connectivity index (χ1v) is 11.3. The Kier molecular flexibility index (Phi) is 7.32. The third kappa shape index (κ3) is 5.96. The van der Waals surface area contributed by atoms with Crippen molar-refractivity contribution in [3.8, 4) is 11.1 Å². The molecule has 0 unspecified atom stereocenters. The highest BCUT2D eigenvalue weighted by atomic mass is 15.2. The lowest BCUT2D eigenvalue weighted by atomic mass is 10.1. The van der Waals surface area contributed by atoms with Gasteiger partial charge in [0.2, 0.25) is 0 Å². The minimum atomic E-state index is 0.554. The first kappa shape index (κ1) is 22.5. The summed E-state index contributed by atoms with van der Waals surface area (Å²) in [5.74, 6) is 1.84. The molecule has 0 radical (unpaired) electrons. The van der Waals surface area contributed by atoms with Crippen molar-refractivity contribution < 1.29 is 0 Å². The number of hydrogen-bond donors (Lipinski definition) is 3. The second-order valence-electron chi connectivity index (χ2n) is 8.13. The monoisotopic (exact) mass is 441 g/mol. The van der Waals surface area contributed by atoms with E-state index in [0.29, 0.717) is 6.04 Å². The van der Waals surface area contributed by atoms with Crippen LogP contribution in [0.1, 0.15) is 18.4 Å². The van der Waals surface area contributed by atoms with Gasteiger partial charge in [-0.15, -0.1) is 0 Å². The van der Waals surface area contributed by atoms with Gasteiger partial charge in [0.15, 0.2) is 0 Å². The number of anilines is 2. The van der Waals surface area contributed by atoms with E-state index in [4.69, 9.17) is 0 Å². The summed E-state index contributed by atoms with van der Waals surface area (Å²) in [6.45, 7) is 5.95. The van der Waals surface area contributed by atoms with Gasteiger partial charge < -0.3 is 16.0 Å². The fourth-order valence-corrected chi connectivity index (χ4v) is 3.86. The third-order valence-electron chi connectivity index (χ3n) is 5.73. The number of aromatic nitrogens is 4. The van der Waals surface area contributed by atoms with E-state index in [1.54, 1.807) is 0 Å². The number of piperidine rings is 1. The van der Waals surface area contributed by atoms with Crippen LogP contribution in [-0.2, 0) is 7.05 Å². The van der Waals surface area contributed by atoms with Gasteiger partial charge in [-0.3, -0.25) is 4.68 Å². The second-order valence-corrected chi connectivity index (χ2v) is 8.13. The lowest BCUT2D eigenvalue weighted by Crippen LogP contribution is -2.35. The van der Waals surface area contributed by atoms with E-state index < -0.39 is 0 Å². The smallest absolute Gasteiger partial charge is 0.126 e. The molecule has 1 aromatic carbocycles. The first-order valence-electron chi connectivity index (χ1n) is 11.3. The highest BCUT2D eigenvalue weighted by Gasteiger charge is 2.12. The van der Waals surface area contributed by atoms with Gasteiger partial charge in [-0.1, -0.05) is 24.8 Å². The number of aryl methyl sites for hydroxylation is 1. The van der Waals surface area contributed by atoms with Gasteiger partial charge in [0, 0.05) is 49.7 Å². The molecule has 1 fully saturated rings. The molecule has 7 heteroatoms. The van der Waals surface area contributed by atoms with Crippen LogP contribution in [0.25, 0.3) is 28.0 Å². The number of pyridine rings is 2. The Balaban J connectivity index is 0.000000160. The average Bonchev–Trinajstić information content (AvgIpc) is 3.30. The Hall–Kier alpha value is -3.71. The summed E-state index contributed by atoms with van der Waals surface area (Å²) in [5, 5.41) is 16.4. The molecule has 0 aliphatic carbocycles. The lowest BCUT2D eigenvalue weighted by Gasteiger charge is -2.24. The summed E-state index contributed by atoms with van der Waals surface area (Å²) in [5.41, 5.74) is 3.41. The Morgan fingerprint density at radius 3 is 2.58 bits per heavy atom. The molecular formula is C26H31N7. The Morgan fingerprint density at radius 2 is 1.85 bits per heavy atom. The summed E-state index contributed by atoms with van der Waals surface area (Å²) in [4.78, 5) is 8.61. The van der Waals surface area contributed by atoms with E-state index in [-0.39, 0.29) is 0 Å². The average molecular weight is 442 g/mol. The van der Waals surface area contributed by atoms with Crippen molar-refractivity contribution in [1.29, 1.82) is 0 Å². The van der Waals surface area contributed by atoms with Crippen LogP contribution in [0.5, 0.6) is 0 Å². The fraction of sp³-hybridized carbons (Fsp3) is 0.269. The van der Waals surface area contributed by atoms with Gasteiger partial charge in [-0.25, -0.2) is 9.97 Å². The van der Waals surface area contributed by atoms with Gasteiger partial charge in [-0.2, -0.15) is 5.10 Å². The van der Waals surface area contributed by atoms with Crippen LogP contribution < -0.4 is 16.0 Å². The highest BCUT2D eigenvalue weighted by Crippen LogP contribution is 2.25. The van der Waals surface area contributed by atoms with Crippen molar-refractivity contribution in [3.05, 3.63) is 73.3 Å². The Morgan fingerprint density at radius 1 is 1.00 bits per heavy atom. The molecule has 7 nitrogen and oxygen atoms in total. The van der Waals surface area contributed by atoms with Gasteiger partial charge in [0.25, 0.3) is 0 Å². The van der Waals surface area contributed by atoms with Crippen LogP contribution in [0.2, 0.25) is 0 Å². The summed E-state index contributed by atoms with van der Waals surface area (Å²) in [7, 11) is 3.80. The fourth-order valence-electron chi connectivity index (χ4n) is 3.86. The maximum Gasteiger partial charge on any atom is 0.126 e. The topological polar surface area (TPSA) is 79.7 Å². The number of fused-ring (bicyclic) bond motifs is 1. The van der Waals surface area contributed by atoms with Crippen LogP contribution in [0, 0.1) is 0 Å². The van der Waals surface area contributed by atoms with Crippen molar-refractivity contribution in [2.24, 2.45) is 7.05 Å². The molecule has 1 aliphatic rings. The maximum absolute atomic E-state index is 4.30. The van der Waals surface area contributed by atoms with Crippen molar-refractivity contribution in [3.63, 3.8) is 0 Å². The molecule has 0 bridgehead atoms. The third-order valence-corrected chi connectivity index (χ3v) is 5.73. The van der Waals surface area contributed by atoms with Crippen molar-refractivity contribution in [1.82, 2.24) is 25.1 Å². The van der Waals surface area contributed by atoms with Crippen molar-refractivity contribution in [2.45, 2.75) is 18.9 Å². The molecule has 4 aromatic rings. The molecule has 170 valence electrons. The van der Waals surface area contributed by atoms with E-state index in [1.165, 1.54) is 23.8 Å². The molecular weight excluding hydrogens is 410 g/mol. The minimum Gasteiger partial charge on any atom is -0.373 e. The van der Waals surface area contributed by atoms with Crippen LogP contribution in [0.4, 0.5) is 11.6 Å². The SMILES string of the molecule is C=Cc1ccnc(NC2CCNCC2)c1.CNc1cc2cc(-c3cnn(C)c3)ccc2cn1. The van der Waals surface area contributed by atoms with Gasteiger partial charge >= 0.3 is 0 Å². The number of hydrogen-bond acceptors (Lipinski definition) is 6. The first-order chi connectivity index (χ1) is 16.1. The largest absolute Gasteiger partial charge is 0.373 e. The number of nitrogens with zero attached hydrogens (tertiary/aromatic N) is 4. The number of benzene rings is 1. The molecule has 3 N–H and O–H groups in total. The molecule has 0 spiro atoms. The summed E-state index contributed by atoms with van der Waals surface area (Å²) >= 11 is 0. The zero-order valence-corrected chi connectivity index (χ0v) is 19.3. The summed E-state index contributed by atoms with van der Waals surface area (Å²) in [6, 6.07) is 12.9. The highest BCUT2D eigenvalue weighted by molar-refractivity contribution is 5.88. The molecule has 5 rings (SSSR count).